The highest BCUT2D eigenvalue weighted by molar-refractivity contribution is 5.78. The van der Waals surface area contributed by atoms with Crippen LogP contribution in [0.1, 0.15) is 24.4 Å². The van der Waals surface area contributed by atoms with E-state index in [0.717, 1.165) is 0 Å². The highest BCUT2D eigenvalue weighted by atomic mass is 19.1. The van der Waals surface area contributed by atoms with Gasteiger partial charge in [-0.25, -0.2) is 4.39 Å². The van der Waals surface area contributed by atoms with Gasteiger partial charge < -0.3 is 15.4 Å². The zero-order chi connectivity index (χ0) is 13.8. The Hall–Kier alpha value is -1.46. The SMILES string of the molecule is COCCN1C(=O)CCC(N)C1c1ccccc1F. The lowest BCUT2D eigenvalue weighted by Gasteiger charge is -2.40. The normalized spacial score (nSPS) is 23.7. The van der Waals surface area contributed by atoms with Crippen LogP contribution in [0, 0.1) is 5.82 Å². The van der Waals surface area contributed by atoms with Crippen molar-refractivity contribution in [2.45, 2.75) is 24.9 Å². The number of hydrogen-bond donors (Lipinski definition) is 1. The molecule has 1 fully saturated rings. The van der Waals surface area contributed by atoms with Crippen LogP contribution >= 0.6 is 0 Å². The topological polar surface area (TPSA) is 55.6 Å². The number of methoxy groups -OCH3 is 1. The summed E-state index contributed by atoms with van der Waals surface area (Å²) in [4.78, 5) is 13.7. The molecule has 1 aliphatic rings. The lowest BCUT2D eigenvalue weighted by atomic mass is 9.90. The number of carbonyl (C=O) groups is 1. The quantitative estimate of drug-likeness (QED) is 0.897. The van der Waals surface area contributed by atoms with Gasteiger partial charge in [0.05, 0.1) is 12.6 Å². The summed E-state index contributed by atoms with van der Waals surface area (Å²) in [5, 5.41) is 0. The van der Waals surface area contributed by atoms with Gasteiger partial charge in [-0.3, -0.25) is 4.79 Å². The van der Waals surface area contributed by atoms with E-state index in [9.17, 15) is 9.18 Å². The molecule has 2 rings (SSSR count). The predicted molar refractivity (Wildman–Crippen MR) is 69.9 cm³/mol. The Morgan fingerprint density at radius 1 is 1.47 bits per heavy atom. The number of nitrogens with zero attached hydrogens (tertiary/aromatic N) is 1. The van der Waals surface area contributed by atoms with Crippen LogP contribution in [0.3, 0.4) is 0 Å². The van der Waals surface area contributed by atoms with Gasteiger partial charge in [0.25, 0.3) is 0 Å². The van der Waals surface area contributed by atoms with Gasteiger partial charge >= 0.3 is 0 Å². The fourth-order valence-corrected chi connectivity index (χ4v) is 2.54. The fraction of sp³-hybridized carbons (Fsp3) is 0.500. The van der Waals surface area contributed by atoms with Crippen molar-refractivity contribution in [2.24, 2.45) is 5.73 Å². The molecular formula is C14H19FN2O2. The lowest BCUT2D eigenvalue weighted by Crippen LogP contribution is -2.50. The molecular weight excluding hydrogens is 247 g/mol. The van der Waals surface area contributed by atoms with Crippen LogP contribution in [0.25, 0.3) is 0 Å². The number of carbonyl (C=O) groups excluding carboxylic acids is 1. The van der Waals surface area contributed by atoms with Crippen molar-refractivity contribution in [3.8, 4) is 0 Å². The first-order valence-corrected chi connectivity index (χ1v) is 6.43. The number of nitrogens with two attached hydrogens (primary N) is 1. The third-order valence-electron chi connectivity index (χ3n) is 3.51. The van der Waals surface area contributed by atoms with Crippen LogP contribution < -0.4 is 5.73 Å². The van der Waals surface area contributed by atoms with Crippen molar-refractivity contribution in [1.29, 1.82) is 0 Å². The first-order valence-electron chi connectivity index (χ1n) is 6.43. The number of halogens is 1. The Labute approximate surface area is 112 Å². The lowest BCUT2D eigenvalue weighted by molar-refractivity contribution is -0.138. The fourth-order valence-electron chi connectivity index (χ4n) is 2.54. The molecule has 1 saturated heterocycles. The van der Waals surface area contributed by atoms with E-state index in [1.807, 2.05) is 0 Å². The van der Waals surface area contributed by atoms with Crippen molar-refractivity contribution >= 4 is 5.91 Å². The molecule has 0 aliphatic carbocycles. The van der Waals surface area contributed by atoms with Gasteiger partial charge in [-0.1, -0.05) is 18.2 Å². The summed E-state index contributed by atoms with van der Waals surface area (Å²) >= 11 is 0. The number of amides is 1. The summed E-state index contributed by atoms with van der Waals surface area (Å²) in [5.74, 6) is -0.313. The van der Waals surface area contributed by atoms with Gasteiger partial charge in [0.2, 0.25) is 5.91 Å². The first-order chi connectivity index (χ1) is 9.15. The minimum Gasteiger partial charge on any atom is -0.383 e. The van der Waals surface area contributed by atoms with E-state index in [-0.39, 0.29) is 17.8 Å². The summed E-state index contributed by atoms with van der Waals surface area (Å²) < 4.78 is 19.0. The molecule has 104 valence electrons. The molecule has 0 aromatic heterocycles. The van der Waals surface area contributed by atoms with Crippen LogP contribution in [0.5, 0.6) is 0 Å². The Bertz CT molecular complexity index is 453. The van der Waals surface area contributed by atoms with E-state index >= 15 is 0 Å². The second kappa shape index (κ2) is 6.12. The van der Waals surface area contributed by atoms with E-state index in [4.69, 9.17) is 10.5 Å². The molecule has 19 heavy (non-hydrogen) atoms. The minimum absolute atomic E-state index is 0.00648. The maximum absolute atomic E-state index is 13.9. The Morgan fingerprint density at radius 3 is 2.89 bits per heavy atom. The second-order valence-corrected chi connectivity index (χ2v) is 4.75. The molecule has 1 aliphatic heterocycles. The summed E-state index contributed by atoms with van der Waals surface area (Å²) in [7, 11) is 1.58. The monoisotopic (exact) mass is 266 g/mol. The number of ether oxygens (including phenoxy) is 1. The van der Waals surface area contributed by atoms with E-state index in [1.165, 1.54) is 6.07 Å². The van der Waals surface area contributed by atoms with Crippen LogP contribution in [0.15, 0.2) is 24.3 Å². The highest BCUT2D eigenvalue weighted by Gasteiger charge is 2.35. The standard InChI is InChI=1S/C14H19FN2O2/c1-19-9-8-17-13(18)7-6-12(16)14(17)10-4-2-3-5-11(10)15/h2-5,12,14H,6-9,16H2,1H3. The van der Waals surface area contributed by atoms with Crippen molar-refractivity contribution in [3.63, 3.8) is 0 Å². The van der Waals surface area contributed by atoms with Crippen molar-refractivity contribution < 1.29 is 13.9 Å². The largest absolute Gasteiger partial charge is 0.383 e. The van der Waals surface area contributed by atoms with E-state index < -0.39 is 6.04 Å². The summed E-state index contributed by atoms with van der Waals surface area (Å²) in [5.41, 5.74) is 6.59. The summed E-state index contributed by atoms with van der Waals surface area (Å²) in [6.07, 6.45) is 0.997. The maximum atomic E-state index is 13.9. The average Bonchev–Trinajstić information content (AvgIpc) is 2.41. The first kappa shape index (κ1) is 14.0. The molecule has 2 unspecified atom stereocenters. The minimum atomic E-state index is -0.405. The number of likely N-dealkylation sites (tertiary alicyclic amines) is 1. The Morgan fingerprint density at radius 2 is 2.21 bits per heavy atom. The molecule has 2 atom stereocenters. The Kier molecular flexibility index (Phi) is 4.50. The third kappa shape index (κ3) is 2.93. The van der Waals surface area contributed by atoms with Gasteiger partial charge in [0, 0.05) is 31.7 Å². The van der Waals surface area contributed by atoms with Gasteiger partial charge in [0.1, 0.15) is 5.82 Å². The van der Waals surface area contributed by atoms with Crippen LogP contribution in [0.2, 0.25) is 0 Å². The number of rotatable bonds is 4. The maximum Gasteiger partial charge on any atom is 0.223 e. The summed E-state index contributed by atoms with van der Waals surface area (Å²) in [6, 6.07) is 5.84. The number of benzene rings is 1. The molecule has 4 nitrogen and oxygen atoms in total. The van der Waals surface area contributed by atoms with Crippen molar-refractivity contribution in [1.82, 2.24) is 4.90 Å². The number of hydrogen-bond acceptors (Lipinski definition) is 3. The van der Waals surface area contributed by atoms with Gasteiger partial charge in [-0.15, -0.1) is 0 Å². The van der Waals surface area contributed by atoms with Crippen molar-refractivity contribution in [3.05, 3.63) is 35.6 Å². The van der Waals surface area contributed by atoms with Gasteiger partial charge in [-0.2, -0.15) is 0 Å². The molecule has 1 aromatic rings. The molecule has 1 amide bonds. The van der Waals surface area contributed by atoms with E-state index in [2.05, 4.69) is 0 Å². The predicted octanol–water partition coefficient (Wildman–Crippen LogP) is 1.46. The molecule has 0 spiro atoms. The number of piperidine rings is 1. The third-order valence-corrected chi connectivity index (χ3v) is 3.51. The van der Waals surface area contributed by atoms with E-state index in [1.54, 1.807) is 30.2 Å². The zero-order valence-electron chi connectivity index (χ0n) is 11.0. The molecule has 5 heteroatoms. The molecule has 1 heterocycles. The molecule has 1 aromatic carbocycles. The van der Waals surface area contributed by atoms with E-state index in [0.29, 0.717) is 31.6 Å². The Balaban J connectivity index is 2.31. The molecule has 2 N–H and O–H groups in total. The zero-order valence-corrected chi connectivity index (χ0v) is 11.0. The van der Waals surface area contributed by atoms with Crippen LogP contribution in [-0.2, 0) is 9.53 Å². The second-order valence-electron chi connectivity index (χ2n) is 4.75. The molecule has 0 saturated carbocycles. The smallest absolute Gasteiger partial charge is 0.223 e. The molecule has 0 radical (unpaired) electrons. The van der Waals surface area contributed by atoms with Crippen molar-refractivity contribution in [2.75, 3.05) is 20.3 Å². The van der Waals surface area contributed by atoms with Crippen LogP contribution in [-0.4, -0.2) is 37.1 Å². The van der Waals surface area contributed by atoms with Crippen LogP contribution in [0.4, 0.5) is 4.39 Å². The van der Waals surface area contributed by atoms with Gasteiger partial charge in [-0.05, 0) is 12.5 Å². The van der Waals surface area contributed by atoms with Gasteiger partial charge in [0.15, 0.2) is 0 Å². The average molecular weight is 266 g/mol. The highest BCUT2D eigenvalue weighted by Crippen LogP contribution is 2.32. The molecule has 0 bridgehead atoms. The summed E-state index contributed by atoms with van der Waals surface area (Å²) in [6.45, 7) is 0.853.